The quantitative estimate of drug-likeness (QED) is 0.657. The molecule has 1 aliphatic heterocycles. The van der Waals surface area contributed by atoms with Gasteiger partial charge in [-0.15, -0.1) is 0 Å². The van der Waals surface area contributed by atoms with E-state index in [1.54, 1.807) is 32.0 Å². The molecule has 0 saturated heterocycles. The van der Waals surface area contributed by atoms with E-state index >= 15 is 0 Å². The highest BCUT2D eigenvalue weighted by Crippen LogP contribution is 2.35. The van der Waals surface area contributed by atoms with Crippen molar-refractivity contribution in [1.82, 2.24) is 0 Å². The van der Waals surface area contributed by atoms with Crippen molar-refractivity contribution in [2.75, 3.05) is 23.8 Å². The van der Waals surface area contributed by atoms with E-state index in [4.69, 9.17) is 14.2 Å². The number of ether oxygens (including phenoxy) is 3. The zero-order valence-electron chi connectivity index (χ0n) is 16.9. The van der Waals surface area contributed by atoms with Crippen LogP contribution in [0.4, 0.5) is 11.4 Å². The maximum absolute atomic E-state index is 12.2. The first-order valence-corrected chi connectivity index (χ1v) is 9.67. The molecular formula is C22H26N2O5. The van der Waals surface area contributed by atoms with Gasteiger partial charge in [-0.25, -0.2) is 0 Å². The monoisotopic (exact) mass is 398 g/mol. The molecule has 0 bridgehead atoms. The molecule has 2 N–H and O–H groups in total. The van der Waals surface area contributed by atoms with Crippen molar-refractivity contribution in [3.05, 3.63) is 42.5 Å². The van der Waals surface area contributed by atoms with E-state index in [1.807, 2.05) is 31.2 Å². The smallest absolute Gasteiger partial charge is 0.268 e. The first kappa shape index (κ1) is 20.5. The lowest BCUT2D eigenvalue weighted by Gasteiger charge is -2.31. The van der Waals surface area contributed by atoms with E-state index in [-0.39, 0.29) is 11.8 Å². The Balaban J connectivity index is 1.45. The van der Waals surface area contributed by atoms with Gasteiger partial charge >= 0.3 is 0 Å². The van der Waals surface area contributed by atoms with Crippen LogP contribution in [0.1, 0.15) is 33.6 Å². The first-order chi connectivity index (χ1) is 13.9. The third-order valence-corrected chi connectivity index (χ3v) is 4.38. The number of rotatable bonds is 8. The lowest BCUT2D eigenvalue weighted by Crippen LogP contribution is -2.45. The molecule has 0 saturated carbocycles. The number of nitrogens with one attached hydrogen (secondary N) is 2. The van der Waals surface area contributed by atoms with Crippen LogP contribution >= 0.6 is 0 Å². The lowest BCUT2D eigenvalue weighted by molar-refractivity contribution is -0.129. The van der Waals surface area contributed by atoms with Crippen LogP contribution in [0.15, 0.2) is 42.5 Å². The van der Waals surface area contributed by atoms with Crippen molar-refractivity contribution in [3.8, 4) is 17.2 Å². The summed E-state index contributed by atoms with van der Waals surface area (Å²) >= 11 is 0. The predicted octanol–water partition coefficient (Wildman–Crippen LogP) is 3.99. The number of fused-ring (bicyclic) bond motifs is 1. The van der Waals surface area contributed by atoms with Gasteiger partial charge in [-0.1, -0.05) is 0 Å². The van der Waals surface area contributed by atoms with E-state index in [0.717, 1.165) is 11.5 Å². The van der Waals surface area contributed by atoms with E-state index in [2.05, 4.69) is 10.6 Å². The molecule has 0 fully saturated rings. The molecule has 2 aromatic rings. The van der Waals surface area contributed by atoms with Crippen LogP contribution in [0, 0.1) is 0 Å². The van der Waals surface area contributed by atoms with Crippen LogP contribution in [-0.2, 0) is 9.59 Å². The molecule has 154 valence electrons. The molecule has 0 atom stereocenters. The number of benzene rings is 2. The molecule has 3 rings (SSSR count). The van der Waals surface area contributed by atoms with Gasteiger partial charge in [-0.2, -0.15) is 0 Å². The number of amides is 2. The Hall–Kier alpha value is -3.22. The number of carbonyl (C=O) groups excluding carboxylic acids is 2. The van der Waals surface area contributed by atoms with Crippen molar-refractivity contribution in [3.63, 3.8) is 0 Å². The van der Waals surface area contributed by atoms with E-state index < -0.39 is 5.60 Å². The zero-order chi connectivity index (χ0) is 20.9. The highest BCUT2D eigenvalue weighted by molar-refractivity contribution is 6.01. The van der Waals surface area contributed by atoms with Gasteiger partial charge in [0.2, 0.25) is 5.91 Å². The summed E-state index contributed by atoms with van der Waals surface area (Å²) in [4.78, 5) is 24.1. The summed E-state index contributed by atoms with van der Waals surface area (Å²) in [6, 6.07) is 12.6. The lowest BCUT2D eigenvalue weighted by atomic mass is 10.1. The normalized spacial score (nSPS) is 14.2. The number of anilines is 2. The van der Waals surface area contributed by atoms with Crippen molar-refractivity contribution in [1.29, 1.82) is 0 Å². The molecule has 0 spiro atoms. The minimum atomic E-state index is -0.951. The largest absolute Gasteiger partial charge is 0.494 e. The number of carbonyl (C=O) groups is 2. The van der Waals surface area contributed by atoms with Gasteiger partial charge in [-0.05, 0) is 63.6 Å². The van der Waals surface area contributed by atoms with E-state index in [9.17, 15) is 9.59 Å². The van der Waals surface area contributed by atoms with Crippen LogP contribution < -0.4 is 24.8 Å². The Morgan fingerprint density at radius 3 is 2.48 bits per heavy atom. The van der Waals surface area contributed by atoms with Gasteiger partial charge in [-0.3, -0.25) is 9.59 Å². The first-order valence-electron chi connectivity index (χ1n) is 9.67. The Bertz CT molecular complexity index is 877. The maximum atomic E-state index is 12.2. The standard InChI is InChI=1S/C22H26N2O5/c1-4-27-16-8-10-17(11-9-16)28-13-5-6-20(25)23-15-7-12-18-19(14-15)29-22(2,3)21(26)24-18/h7-12,14H,4-6,13H2,1-3H3,(H,23,25)(H,24,26). The van der Waals surface area contributed by atoms with Gasteiger partial charge in [0.1, 0.15) is 17.2 Å². The minimum Gasteiger partial charge on any atom is -0.494 e. The fourth-order valence-electron chi connectivity index (χ4n) is 2.83. The molecule has 1 heterocycles. The average molecular weight is 398 g/mol. The van der Waals surface area contributed by atoms with Crippen LogP contribution in [-0.4, -0.2) is 30.6 Å². The van der Waals surface area contributed by atoms with Gasteiger partial charge in [0.15, 0.2) is 5.60 Å². The summed E-state index contributed by atoms with van der Waals surface area (Å²) < 4.78 is 16.8. The molecule has 0 unspecified atom stereocenters. The molecule has 1 aliphatic rings. The molecule has 0 aliphatic carbocycles. The SMILES string of the molecule is CCOc1ccc(OCCCC(=O)Nc2ccc3c(c2)OC(C)(C)C(=O)N3)cc1. The average Bonchev–Trinajstić information content (AvgIpc) is 2.67. The predicted molar refractivity (Wildman–Crippen MR) is 111 cm³/mol. The molecule has 29 heavy (non-hydrogen) atoms. The second kappa shape index (κ2) is 8.86. The molecular weight excluding hydrogens is 372 g/mol. The van der Waals surface area contributed by atoms with Crippen LogP contribution in [0.25, 0.3) is 0 Å². The fourth-order valence-corrected chi connectivity index (χ4v) is 2.83. The summed E-state index contributed by atoms with van der Waals surface area (Å²) in [6.07, 6.45) is 0.917. The zero-order valence-corrected chi connectivity index (χ0v) is 16.9. The molecule has 0 radical (unpaired) electrons. The van der Waals surface area contributed by atoms with E-state index in [1.165, 1.54) is 0 Å². The van der Waals surface area contributed by atoms with Crippen molar-refractivity contribution in [2.45, 2.75) is 39.2 Å². The van der Waals surface area contributed by atoms with Crippen LogP contribution in [0.3, 0.4) is 0 Å². The van der Waals surface area contributed by atoms with E-state index in [0.29, 0.717) is 43.2 Å². The maximum Gasteiger partial charge on any atom is 0.268 e. The second-order valence-corrected chi connectivity index (χ2v) is 7.18. The highest BCUT2D eigenvalue weighted by Gasteiger charge is 2.35. The summed E-state index contributed by atoms with van der Waals surface area (Å²) in [5.41, 5.74) is 0.262. The molecule has 2 amide bonds. The number of hydrogen-bond acceptors (Lipinski definition) is 5. The summed E-state index contributed by atoms with van der Waals surface area (Å²) in [7, 11) is 0. The molecule has 2 aromatic carbocycles. The van der Waals surface area contributed by atoms with Crippen molar-refractivity contribution < 1.29 is 23.8 Å². The summed E-state index contributed by atoms with van der Waals surface area (Å²) in [5, 5.41) is 5.64. The Kier molecular flexibility index (Phi) is 6.26. The topological polar surface area (TPSA) is 85.9 Å². The van der Waals surface area contributed by atoms with Gasteiger partial charge in [0, 0.05) is 18.2 Å². The highest BCUT2D eigenvalue weighted by atomic mass is 16.5. The third kappa shape index (κ3) is 5.40. The second-order valence-electron chi connectivity index (χ2n) is 7.18. The third-order valence-electron chi connectivity index (χ3n) is 4.38. The van der Waals surface area contributed by atoms with Crippen LogP contribution in [0.5, 0.6) is 17.2 Å². The summed E-state index contributed by atoms with van der Waals surface area (Å²) in [5.74, 6) is 1.77. The summed E-state index contributed by atoms with van der Waals surface area (Å²) in [6.45, 7) is 6.39. The molecule has 7 nitrogen and oxygen atoms in total. The fraction of sp³-hybridized carbons (Fsp3) is 0.364. The van der Waals surface area contributed by atoms with Gasteiger partial charge in [0.25, 0.3) is 5.91 Å². The minimum absolute atomic E-state index is 0.112. The molecule has 7 heteroatoms. The molecule has 0 aromatic heterocycles. The number of hydrogen-bond donors (Lipinski definition) is 2. The Morgan fingerprint density at radius 1 is 1.10 bits per heavy atom. The van der Waals surface area contributed by atoms with Gasteiger partial charge in [0.05, 0.1) is 18.9 Å². The Morgan fingerprint density at radius 2 is 1.79 bits per heavy atom. The Labute approximate surface area is 170 Å². The van der Waals surface area contributed by atoms with Crippen LogP contribution in [0.2, 0.25) is 0 Å². The van der Waals surface area contributed by atoms with Crippen molar-refractivity contribution in [2.24, 2.45) is 0 Å². The van der Waals surface area contributed by atoms with Gasteiger partial charge < -0.3 is 24.8 Å². The van der Waals surface area contributed by atoms with Crippen molar-refractivity contribution >= 4 is 23.2 Å².